The number of carbonyl (C=O) groups excluding carboxylic acids is 1. The minimum absolute atomic E-state index is 0.133. The van der Waals surface area contributed by atoms with Crippen molar-refractivity contribution in [3.05, 3.63) is 66.2 Å². The highest BCUT2D eigenvalue weighted by molar-refractivity contribution is 5.94. The summed E-state index contributed by atoms with van der Waals surface area (Å²) in [7, 11) is 0. The van der Waals surface area contributed by atoms with Gasteiger partial charge in [-0.1, -0.05) is 12.1 Å². The molecule has 6 heteroatoms. The van der Waals surface area contributed by atoms with Crippen LogP contribution in [0.3, 0.4) is 0 Å². The molecule has 26 heavy (non-hydrogen) atoms. The molecule has 1 heterocycles. The lowest BCUT2D eigenvalue weighted by Crippen LogP contribution is -2.13. The van der Waals surface area contributed by atoms with Gasteiger partial charge in [-0.3, -0.25) is 4.79 Å². The first-order valence-corrected chi connectivity index (χ1v) is 8.78. The molecule has 2 aromatic carbocycles. The largest absolute Gasteiger partial charge is 0.381 e. The van der Waals surface area contributed by atoms with E-state index in [1.54, 1.807) is 11.0 Å². The number of aromatic nitrogens is 3. The lowest BCUT2D eigenvalue weighted by atomic mass is 10.1. The van der Waals surface area contributed by atoms with Crippen LogP contribution in [0.4, 0.5) is 11.4 Å². The Kier molecular flexibility index (Phi) is 4.39. The molecule has 4 rings (SSSR count). The van der Waals surface area contributed by atoms with Crippen molar-refractivity contribution in [3.8, 4) is 5.69 Å². The van der Waals surface area contributed by atoms with Crippen molar-refractivity contribution < 1.29 is 4.79 Å². The molecule has 1 aromatic heterocycles. The second-order valence-electron chi connectivity index (χ2n) is 6.66. The minimum atomic E-state index is 0.133. The van der Waals surface area contributed by atoms with E-state index in [9.17, 15) is 4.79 Å². The van der Waals surface area contributed by atoms with Gasteiger partial charge in [0.1, 0.15) is 12.7 Å². The molecule has 0 unspecified atom stereocenters. The van der Waals surface area contributed by atoms with Crippen LogP contribution in [0.1, 0.15) is 24.0 Å². The van der Waals surface area contributed by atoms with Gasteiger partial charge in [-0.05, 0) is 61.2 Å². The van der Waals surface area contributed by atoms with Gasteiger partial charge in [0.25, 0.3) is 0 Å². The van der Waals surface area contributed by atoms with Crippen LogP contribution in [0.15, 0.2) is 55.1 Å². The van der Waals surface area contributed by atoms with Crippen LogP contribution < -0.4 is 10.6 Å². The Morgan fingerprint density at radius 3 is 2.58 bits per heavy atom. The highest BCUT2D eigenvalue weighted by Crippen LogP contribution is 2.30. The van der Waals surface area contributed by atoms with Crippen molar-refractivity contribution in [1.29, 1.82) is 0 Å². The maximum Gasteiger partial charge on any atom is 0.227 e. The molecule has 0 atom stereocenters. The smallest absolute Gasteiger partial charge is 0.227 e. The van der Waals surface area contributed by atoms with Crippen LogP contribution in [0.5, 0.6) is 0 Å². The summed E-state index contributed by atoms with van der Waals surface area (Å²) in [6, 6.07) is 14.1. The Balaban J connectivity index is 1.36. The van der Waals surface area contributed by atoms with Gasteiger partial charge in [0.2, 0.25) is 5.91 Å². The summed E-state index contributed by atoms with van der Waals surface area (Å²) in [6.07, 6.45) is 5.26. The zero-order chi connectivity index (χ0) is 17.9. The maximum absolute atomic E-state index is 11.8. The van der Waals surface area contributed by atoms with E-state index in [1.807, 2.05) is 24.3 Å². The molecule has 1 saturated carbocycles. The van der Waals surface area contributed by atoms with Gasteiger partial charge in [0, 0.05) is 23.8 Å². The highest BCUT2D eigenvalue weighted by Gasteiger charge is 2.29. The summed E-state index contributed by atoms with van der Waals surface area (Å²) in [5.41, 5.74) is 5.24. The third-order valence-corrected chi connectivity index (χ3v) is 4.52. The van der Waals surface area contributed by atoms with Gasteiger partial charge in [-0.15, -0.1) is 0 Å². The first-order chi connectivity index (χ1) is 12.7. The van der Waals surface area contributed by atoms with Crippen molar-refractivity contribution in [2.45, 2.75) is 26.3 Å². The quantitative estimate of drug-likeness (QED) is 0.715. The van der Waals surface area contributed by atoms with Crippen molar-refractivity contribution in [2.75, 3.05) is 10.6 Å². The lowest BCUT2D eigenvalue weighted by molar-refractivity contribution is -0.117. The lowest BCUT2D eigenvalue weighted by Gasteiger charge is -2.11. The molecule has 6 nitrogen and oxygen atoms in total. The maximum atomic E-state index is 11.8. The number of anilines is 2. The average molecular weight is 347 g/mol. The average Bonchev–Trinajstić information content (AvgIpc) is 3.37. The van der Waals surface area contributed by atoms with E-state index in [2.05, 4.69) is 45.8 Å². The van der Waals surface area contributed by atoms with E-state index in [0.717, 1.165) is 42.0 Å². The van der Waals surface area contributed by atoms with Crippen molar-refractivity contribution >= 4 is 17.3 Å². The van der Waals surface area contributed by atoms with Crippen molar-refractivity contribution in [1.82, 2.24) is 14.8 Å². The standard InChI is InChI=1S/C20H21N5O/c1-14-10-15(2-9-19(14)25-13-21-12-23-25)11-22-17-5-7-18(8-6-17)24-20(26)16-3-4-16/h2,5-10,12-13,16,22H,3-4,11H2,1H3,(H,24,26). The topological polar surface area (TPSA) is 71.8 Å². The Bertz CT molecular complexity index is 898. The fourth-order valence-electron chi connectivity index (χ4n) is 2.88. The van der Waals surface area contributed by atoms with E-state index in [4.69, 9.17) is 0 Å². The summed E-state index contributed by atoms with van der Waals surface area (Å²) >= 11 is 0. The molecule has 0 saturated heterocycles. The second-order valence-corrected chi connectivity index (χ2v) is 6.66. The Morgan fingerprint density at radius 2 is 1.92 bits per heavy atom. The minimum Gasteiger partial charge on any atom is -0.381 e. The van der Waals surface area contributed by atoms with E-state index in [-0.39, 0.29) is 11.8 Å². The summed E-state index contributed by atoms with van der Waals surface area (Å²) < 4.78 is 1.77. The third kappa shape index (κ3) is 3.74. The van der Waals surface area contributed by atoms with Gasteiger partial charge >= 0.3 is 0 Å². The predicted molar refractivity (Wildman–Crippen MR) is 101 cm³/mol. The summed E-state index contributed by atoms with van der Waals surface area (Å²) in [4.78, 5) is 15.8. The van der Waals surface area contributed by atoms with Crippen LogP contribution in [-0.2, 0) is 11.3 Å². The molecule has 0 aliphatic heterocycles. The fraction of sp³-hybridized carbons (Fsp3) is 0.250. The number of carbonyl (C=O) groups is 1. The molecule has 1 fully saturated rings. The fourth-order valence-corrected chi connectivity index (χ4v) is 2.88. The molecule has 2 N–H and O–H groups in total. The van der Waals surface area contributed by atoms with Gasteiger partial charge in [-0.2, -0.15) is 5.10 Å². The van der Waals surface area contributed by atoms with Crippen LogP contribution in [0, 0.1) is 12.8 Å². The first-order valence-electron chi connectivity index (χ1n) is 8.78. The molecular weight excluding hydrogens is 326 g/mol. The van der Waals surface area contributed by atoms with Gasteiger partial charge in [0.05, 0.1) is 5.69 Å². The molecule has 0 spiro atoms. The van der Waals surface area contributed by atoms with E-state index in [0.29, 0.717) is 0 Å². The van der Waals surface area contributed by atoms with E-state index >= 15 is 0 Å². The monoisotopic (exact) mass is 347 g/mol. The van der Waals surface area contributed by atoms with Crippen molar-refractivity contribution in [3.63, 3.8) is 0 Å². The molecule has 0 radical (unpaired) electrons. The molecule has 1 aliphatic carbocycles. The predicted octanol–water partition coefficient (Wildman–Crippen LogP) is 3.54. The molecule has 0 bridgehead atoms. The SMILES string of the molecule is Cc1cc(CNc2ccc(NC(=O)C3CC3)cc2)ccc1-n1cncn1. The molecular formula is C20H21N5O. The number of rotatable bonds is 6. The number of aryl methyl sites for hydroxylation is 1. The number of amides is 1. The zero-order valence-corrected chi connectivity index (χ0v) is 14.6. The Labute approximate surface area is 152 Å². The van der Waals surface area contributed by atoms with E-state index in [1.165, 1.54) is 11.9 Å². The normalized spacial score (nSPS) is 13.4. The number of hydrogen-bond acceptors (Lipinski definition) is 4. The highest BCUT2D eigenvalue weighted by atomic mass is 16.2. The van der Waals surface area contributed by atoms with Gasteiger partial charge < -0.3 is 10.6 Å². The van der Waals surface area contributed by atoms with E-state index < -0.39 is 0 Å². The first kappa shape index (κ1) is 16.3. The van der Waals surface area contributed by atoms with Gasteiger partial charge in [0.15, 0.2) is 0 Å². The molecule has 132 valence electrons. The van der Waals surface area contributed by atoms with Crippen LogP contribution >= 0.6 is 0 Å². The summed E-state index contributed by atoms with van der Waals surface area (Å²) in [5.74, 6) is 0.352. The summed E-state index contributed by atoms with van der Waals surface area (Å²) in [5, 5.41) is 10.5. The number of nitrogens with zero attached hydrogens (tertiary/aromatic N) is 3. The third-order valence-electron chi connectivity index (χ3n) is 4.52. The second kappa shape index (κ2) is 7.00. The number of hydrogen-bond donors (Lipinski definition) is 2. The number of nitrogens with one attached hydrogen (secondary N) is 2. The number of benzene rings is 2. The van der Waals surface area contributed by atoms with Crippen LogP contribution in [0.25, 0.3) is 5.69 Å². The van der Waals surface area contributed by atoms with Crippen LogP contribution in [0.2, 0.25) is 0 Å². The Hall–Kier alpha value is -3.15. The van der Waals surface area contributed by atoms with Gasteiger partial charge in [-0.25, -0.2) is 9.67 Å². The van der Waals surface area contributed by atoms with Crippen LogP contribution in [-0.4, -0.2) is 20.7 Å². The van der Waals surface area contributed by atoms with Crippen molar-refractivity contribution in [2.24, 2.45) is 5.92 Å². The zero-order valence-electron chi connectivity index (χ0n) is 14.6. The summed E-state index contributed by atoms with van der Waals surface area (Å²) in [6.45, 7) is 2.80. The molecule has 1 aliphatic rings. The Morgan fingerprint density at radius 1 is 1.15 bits per heavy atom. The molecule has 3 aromatic rings. The molecule has 1 amide bonds.